The number of carbonyl (C=O) groups is 1. The lowest BCUT2D eigenvalue weighted by molar-refractivity contribution is 0.254. The van der Waals surface area contributed by atoms with Crippen molar-refractivity contribution in [3.63, 3.8) is 0 Å². The number of fused-ring (bicyclic) bond motifs is 1. The van der Waals surface area contributed by atoms with Crippen molar-refractivity contribution in [1.82, 2.24) is 15.3 Å². The molecule has 2 amide bonds. The maximum absolute atomic E-state index is 12.9. The van der Waals surface area contributed by atoms with Crippen LogP contribution in [0.2, 0.25) is 5.02 Å². The van der Waals surface area contributed by atoms with Gasteiger partial charge in [0.05, 0.1) is 16.1 Å². The number of hydrogen-bond donors (Lipinski definition) is 5. The molecule has 37 heavy (non-hydrogen) atoms. The first kappa shape index (κ1) is 26.1. The molecule has 0 aliphatic carbocycles. The van der Waals surface area contributed by atoms with Crippen molar-refractivity contribution in [3.8, 4) is 11.1 Å². The minimum absolute atomic E-state index is 0.357. The monoisotopic (exact) mass is 533 g/mol. The van der Waals surface area contributed by atoms with E-state index < -0.39 is 11.4 Å². The van der Waals surface area contributed by atoms with E-state index in [9.17, 15) is 4.79 Å². The van der Waals surface area contributed by atoms with Gasteiger partial charge in [0.25, 0.3) is 0 Å². The second-order valence-electron chi connectivity index (χ2n) is 9.57. The molecule has 0 fully saturated rings. The van der Waals surface area contributed by atoms with Gasteiger partial charge in [-0.2, -0.15) is 0 Å². The van der Waals surface area contributed by atoms with Crippen LogP contribution in [0.15, 0.2) is 66.1 Å². The molecule has 0 unspecified atom stereocenters. The lowest BCUT2D eigenvalue weighted by Gasteiger charge is -2.20. The number of nitrogens with two attached hydrogens (primary N) is 1. The molecule has 0 aliphatic heterocycles. The van der Waals surface area contributed by atoms with Crippen LogP contribution < -0.4 is 21.7 Å². The zero-order chi connectivity index (χ0) is 26.7. The molecule has 0 aliphatic rings. The minimum Gasteiger partial charge on any atom is -0.383 e. The molecule has 6 N–H and O–H groups in total. The molecular weight excluding hydrogens is 506 g/mol. The third-order valence-corrected chi connectivity index (χ3v) is 6.80. The summed E-state index contributed by atoms with van der Waals surface area (Å²) >= 11 is 8.01. The number of allylic oxidation sites excluding steroid dienone is 1. The topological polar surface area (TPSA) is 129 Å². The Morgan fingerprint density at radius 2 is 1.84 bits per heavy atom. The van der Waals surface area contributed by atoms with Gasteiger partial charge in [-0.05, 0) is 36.8 Å². The van der Waals surface area contributed by atoms with Gasteiger partial charge in [0.2, 0.25) is 0 Å². The van der Waals surface area contributed by atoms with Gasteiger partial charge in [-0.1, -0.05) is 56.1 Å². The standard InChI is InChI=1S/C27H28ClN7OS/c1-15-5-8-17(9-6-15)33-22(12-21(29)27(2,3)4)35-26(36)34-20-10-7-16(11-19(20)28)18-13-37-25-23(18)24(30)31-14-32-25/h5-14,29,33H,1-4H3,(H2,30,31,32)(H2,34,35,36)/b22-12+,29-21?. The number of anilines is 3. The van der Waals surface area contributed by atoms with E-state index >= 15 is 0 Å². The van der Waals surface area contributed by atoms with E-state index in [0.717, 1.165) is 32.6 Å². The Balaban J connectivity index is 1.54. The Kier molecular flexibility index (Phi) is 7.47. The van der Waals surface area contributed by atoms with Crippen LogP contribution in [0.1, 0.15) is 26.3 Å². The Morgan fingerprint density at radius 3 is 2.51 bits per heavy atom. The summed E-state index contributed by atoms with van der Waals surface area (Å²) < 4.78 is 0. The van der Waals surface area contributed by atoms with Crippen LogP contribution >= 0.6 is 22.9 Å². The minimum atomic E-state index is -0.499. The van der Waals surface area contributed by atoms with Crippen LogP contribution in [0, 0.1) is 17.7 Å². The lowest BCUT2D eigenvalue weighted by atomic mass is 9.90. The zero-order valence-corrected chi connectivity index (χ0v) is 22.5. The van der Waals surface area contributed by atoms with Crippen molar-refractivity contribution in [3.05, 3.63) is 76.7 Å². The number of nitrogens with one attached hydrogen (secondary N) is 4. The number of nitrogens with zero attached hydrogens (tertiary/aromatic N) is 2. The Labute approximate surface area is 224 Å². The van der Waals surface area contributed by atoms with Gasteiger partial charge in [0.15, 0.2) is 0 Å². The molecule has 0 bridgehead atoms. The van der Waals surface area contributed by atoms with Crippen molar-refractivity contribution in [2.75, 3.05) is 16.4 Å². The summed E-state index contributed by atoms with van der Waals surface area (Å²) in [6.07, 6.45) is 3.05. The van der Waals surface area contributed by atoms with Gasteiger partial charge in [0, 0.05) is 33.8 Å². The van der Waals surface area contributed by atoms with Crippen LogP contribution in [0.25, 0.3) is 21.3 Å². The highest BCUT2D eigenvalue weighted by Gasteiger charge is 2.18. The van der Waals surface area contributed by atoms with E-state index in [0.29, 0.717) is 28.1 Å². The number of rotatable bonds is 6. The first-order valence-corrected chi connectivity index (χ1v) is 12.8. The molecule has 4 rings (SSSR count). The van der Waals surface area contributed by atoms with Crippen molar-refractivity contribution < 1.29 is 4.79 Å². The predicted molar refractivity (Wildman–Crippen MR) is 154 cm³/mol. The quantitative estimate of drug-likeness (QED) is 0.170. The number of amides is 2. The Bertz CT molecular complexity index is 1500. The molecule has 0 radical (unpaired) electrons. The van der Waals surface area contributed by atoms with E-state index in [1.54, 1.807) is 18.2 Å². The smallest absolute Gasteiger partial charge is 0.324 e. The fourth-order valence-electron chi connectivity index (χ4n) is 3.43. The molecule has 10 heteroatoms. The number of thiophene rings is 1. The maximum Gasteiger partial charge on any atom is 0.324 e. The van der Waals surface area contributed by atoms with Gasteiger partial charge in [-0.25, -0.2) is 14.8 Å². The van der Waals surface area contributed by atoms with E-state index in [4.69, 9.17) is 22.7 Å². The van der Waals surface area contributed by atoms with Crippen LogP contribution in [0.5, 0.6) is 0 Å². The summed E-state index contributed by atoms with van der Waals surface area (Å²) in [6.45, 7) is 7.81. The highest BCUT2D eigenvalue weighted by molar-refractivity contribution is 7.17. The molecule has 2 heterocycles. The van der Waals surface area contributed by atoms with E-state index in [2.05, 4.69) is 25.9 Å². The van der Waals surface area contributed by atoms with E-state index in [1.165, 1.54) is 17.7 Å². The van der Waals surface area contributed by atoms with Gasteiger partial charge in [-0.15, -0.1) is 11.3 Å². The maximum atomic E-state index is 12.9. The average Bonchev–Trinajstić information content (AvgIpc) is 3.27. The molecule has 4 aromatic rings. The van der Waals surface area contributed by atoms with Crippen molar-refractivity contribution in [2.45, 2.75) is 27.7 Å². The molecule has 0 saturated heterocycles. The molecule has 190 valence electrons. The summed E-state index contributed by atoms with van der Waals surface area (Å²) in [5.74, 6) is 0.773. The number of carbonyl (C=O) groups excluding carboxylic acids is 1. The number of hydrogen-bond acceptors (Lipinski definition) is 7. The molecule has 0 atom stereocenters. The highest BCUT2D eigenvalue weighted by Crippen LogP contribution is 2.37. The summed E-state index contributed by atoms with van der Waals surface area (Å²) in [5, 5.41) is 20.3. The molecular formula is C27H28ClN7OS. The summed E-state index contributed by atoms with van der Waals surface area (Å²) in [5.41, 5.74) is 10.1. The SMILES string of the molecule is Cc1ccc(N/C(=C\C(=N)C(C)(C)C)NC(=O)Nc2ccc(-c3csc4ncnc(N)c34)cc2Cl)cc1. The van der Waals surface area contributed by atoms with Crippen LogP contribution in [-0.2, 0) is 0 Å². The summed E-state index contributed by atoms with van der Waals surface area (Å²) in [7, 11) is 0. The molecule has 8 nitrogen and oxygen atoms in total. The zero-order valence-electron chi connectivity index (χ0n) is 20.9. The van der Waals surface area contributed by atoms with E-state index in [-0.39, 0.29) is 0 Å². The first-order valence-electron chi connectivity index (χ1n) is 11.5. The van der Waals surface area contributed by atoms with Crippen LogP contribution in [-0.4, -0.2) is 21.7 Å². The van der Waals surface area contributed by atoms with Gasteiger partial charge in [0.1, 0.15) is 22.8 Å². The molecule has 2 aromatic carbocycles. The van der Waals surface area contributed by atoms with Crippen molar-refractivity contribution in [1.29, 1.82) is 5.41 Å². The van der Waals surface area contributed by atoms with Gasteiger partial charge >= 0.3 is 6.03 Å². The fraction of sp³-hybridized carbons (Fsp3) is 0.185. The van der Waals surface area contributed by atoms with Gasteiger partial charge in [-0.3, -0.25) is 5.32 Å². The van der Waals surface area contributed by atoms with Crippen molar-refractivity contribution >= 4 is 62.1 Å². The normalized spacial score (nSPS) is 11.9. The number of halogens is 1. The average molecular weight is 534 g/mol. The second kappa shape index (κ2) is 10.6. The number of urea groups is 1. The Morgan fingerprint density at radius 1 is 1.11 bits per heavy atom. The lowest BCUT2D eigenvalue weighted by Crippen LogP contribution is -2.32. The van der Waals surface area contributed by atoms with Crippen LogP contribution in [0.3, 0.4) is 0 Å². The highest BCUT2D eigenvalue weighted by atomic mass is 35.5. The first-order chi connectivity index (χ1) is 17.5. The Hall–Kier alpha value is -3.95. The van der Waals surface area contributed by atoms with Gasteiger partial charge < -0.3 is 21.8 Å². The molecule has 0 spiro atoms. The summed E-state index contributed by atoms with van der Waals surface area (Å²) in [6, 6.07) is 12.6. The number of nitrogen functional groups attached to an aromatic ring is 1. The van der Waals surface area contributed by atoms with E-state index in [1.807, 2.05) is 63.4 Å². The largest absolute Gasteiger partial charge is 0.383 e. The molecule has 0 saturated carbocycles. The third-order valence-electron chi connectivity index (χ3n) is 5.60. The number of aromatic nitrogens is 2. The van der Waals surface area contributed by atoms with Crippen LogP contribution in [0.4, 0.5) is 22.0 Å². The predicted octanol–water partition coefficient (Wildman–Crippen LogP) is 7.04. The number of aryl methyl sites for hydroxylation is 1. The second-order valence-corrected chi connectivity index (χ2v) is 10.8. The molecule has 2 aromatic heterocycles. The van der Waals surface area contributed by atoms with Crippen molar-refractivity contribution in [2.24, 2.45) is 5.41 Å². The summed E-state index contributed by atoms with van der Waals surface area (Å²) in [4.78, 5) is 22.1. The fourth-order valence-corrected chi connectivity index (χ4v) is 4.58. The third kappa shape index (κ3) is 6.25. The number of benzene rings is 2.